The summed E-state index contributed by atoms with van der Waals surface area (Å²) in [4.78, 5) is 24.0. The molecule has 4 rings (SSSR count). The minimum Gasteiger partial charge on any atom is -0.352 e. The number of anilines is 1. The zero-order chi connectivity index (χ0) is 19.0. The van der Waals surface area contributed by atoms with Crippen LogP contribution >= 0.6 is 23.2 Å². The summed E-state index contributed by atoms with van der Waals surface area (Å²) in [6, 6.07) is 5.34. The molecule has 2 N–H and O–H groups in total. The van der Waals surface area contributed by atoms with Crippen LogP contribution in [-0.2, 0) is 20.1 Å². The molecular weight excluding hydrogens is 389 g/mol. The maximum atomic E-state index is 12.5. The summed E-state index contributed by atoms with van der Waals surface area (Å²) in [6.07, 6.45) is 5.11. The fourth-order valence-electron chi connectivity index (χ4n) is 2.73. The molecular formula is C17H15Cl2N7O. The molecule has 0 unspecified atom stereocenters. The predicted octanol–water partition coefficient (Wildman–Crippen LogP) is 2.82. The van der Waals surface area contributed by atoms with Crippen LogP contribution in [0.3, 0.4) is 0 Å². The molecule has 4 aromatic rings. The normalized spacial score (nSPS) is 11.2. The van der Waals surface area contributed by atoms with Gasteiger partial charge in [-0.05, 0) is 17.7 Å². The lowest BCUT2D eigenvalue weighted by Gasteiger charge is -2.07. The fourth-order valence-corrected chi connectivity index (χ4v) is 3.05. The average Bonchev–Trinajstić information content (AvgIpc) is 3.23. The molecule has 27 heavy (non-hydrogen) atoms. The van der Waals surface area contributed by atoms with Crippen molar-refractivity contribution in [3.05, 3.63) is 68.6 Å². The summed E-state index contributed by atoms with van der Waals surface area (Å²) < 4.78 is 3.47. The van der Waals surface area contributed by atoms with Gasteiger partial charge >= 0.3 is 0 Å². The van der Waals surface area contributed by atoms with Gasteiger partial charge in [0.2, 0.25) is 5.95 Å². The Bertz CT molecular complexity index is 1180. The van der Waals surface area contributed by atoms with E-state index in [1.807, 2.05) is 23.9 Å². The van der Waals surface area contributed by atoms with Crippen LogP contribution in [-0.4, -0.2) is 29.3 Å². The van der Waals surface area contributed by atoms with E-state index in [9.17, 15) is 4.79 Å². The van der Waals surface area contributed by atoms with Crippen molar-refractivity contribution in [3.63, 3.8) is 0 Å². The van der Waals surface area contributed by atoms with Crippen molar-refractivity contribution in [2.75, 3.05) is 5.32 Å². The minimum atomic E-state index is -0.275. The smallest absolute Gasteiger partial charge is 0.278 e. The molecule has 0 fully saturated rings. The summed E-state index contributed by atoms with van der Waals surface area (Å²) in [5.41, 5.74) is 1.55. The first-order valence-corrected chi connectivity index (χ1v) is 8.86. The Morgan fingerprint density at radius 3 is 2.85 bits per heavy atom. The summed E-state index contributed by atoms with van der Waals surface area (Å²) in [5, 5.41) is 8.33. The number of aromatic amines is 1. The van der Waals surface area contributed by atoms with Gasteiger partial charge < -0.3 is 9.88 Å². The van der Waals surface area contributed by atoms with Gasteiger partial charge in [-0.3, -0.25) is 14.5 Å². The highest BCUT2D eigenvalue weighted by Gasteiger charge is 2.12. The number of imidazole rings is 1. The number of H-pyrrole nitrogens is 1. The van der Waals surface area contributed by atoms with Crippen LogP contribution in [0, 0.1) is 0 Å². The maximum absolute atomic E-state index is 12.5. The summed E-state index contributed by atoms with van der Waals surface area (Å²) in [6.45, 7) is 0.820. The third-order valence-electron chi connectivity index (χ3n) is 4.16. The quantitative estimate of drug-likeness (QED) is 0.534. The molecule has 8 nitrogen and oxygen atoms in total. The molecule has 0 saturated heterocycles. The Labute approximate surface area is 163 Å². The first-order valence-electron chi connectivity index (χ1n) is 8.11. The van der Waals surface area contributed by atoms with E-state index in [1.165, 1.54) is 0 Å². The first-order chi connectivity index (χ1) is 13.0. The number of nitrogens with one attached hydrogen (secondary N) is 2. The second-order valence-electron chi connectivity index (χ2n) is 6.01. The molecule has 0 atom stereocenters. The van der Waals surface area contributed by atoms with Gasteiger partial charge in [0.15, 0.2) is 5.52 Å². The van der Waals surface area contributed by atoms with E-state index in [2.05, 4.69) is 25.4 Å². The molecule has 138 valence electrons. The second-order valence-corrected chi connectivity index (χ2v) is 6.82. The van der Waals surface area contributed by atoms with E-state index in [4.69, 9.17) is 23.2 Å². The SMILES string of the molecule is Cn1ccnc1Cn1ncc2nc(NCc3ccc(Cl)c(Cl)c3)[nH]c(=O)c21. The van der Waals surface area contributed by atoms with Crippen LogP contribution < -0.4 is 10.9 Å². The van der Waals surface area contributed by atoms with Crippen molar-refractivity contribution < 1.29 is 0 Å². The van der Waals surface area contributed by atoms with E-state index < -0.39 is 0 Å². The Hall–Kier alpha value is -2.84. The lowest BCUT2D eigenvalue weighted by molar-refractivity contribution is 0.648. The number of rotatable bonds is 5. The molecule has 0 radical (unpaired) electrons. The Kier molecular flexibility index (Phi) is 4.59. The third kappa shape index (κ3) is 3.54. The second kappa shape index (κ2) is 7.05. The van der Waals surface area contributed by atoms with Crippen LogP contribution in [0.15, 0.2) is 41.6 Å². The molecule has 0 spiro atoms. The van der Waals surface area contributed by atoms with Crippen LogP contribution in [0.5, 0.6) is 0 Å². The van der Waals surface area contributed by atoms with Crippen molar-refractivity contribution in [2.45, 2.75) is 13.1 Å². The number of hydrogen-bond donors (Lipinski definition) is 2. The van der Waals surface area contributed by atoms with Gasteiger partial charge in [0.25, 0.3) is 5.56 Å². The topological polar surface area (TPSA) is 93.4 Å². The molecule has 0 aliphatic rings. The fraction of sp³-hybridized carbons (Fsp3) is 0.176. The number of halogens is 2. The van der Waals surface area contributed by atoms with Crippen molar-refractivity contribution in [3.8, 4) is 0 Å². The number of nitrogens with zero attached hydrogens (tertiary/aromatic N) is 5. The van der Waals surface area contributed by atoms with Gasteiger partial charge in [-0.25, -0.2) is 9.97 Å². The number of hydrogen-bond acceptors (Lipinski definition) is 5. The van der Waals surface area contributed by atoms with Crippen LogP contribution in [0.1, 0.15) is 11.4 Å². The molecule has 0 amide bonds. The Morgan fingerprint density at radius 1 is 1.26 bits per heavy atom. The molecule has 1 aromatic carbocycles. The van der Waals surface area contributed by atoms with Gasteiger partial charge in [0, 0.05) is 26.0 Å². The Morgan fingerprint density at radius 2 is 2.11 bits per heavy atom. The minimum absolute atomic E-state index is 0.275. The highest BCUT2D eigenvalue weighted by molar-refractivity contribution is 6.42. The van der Waals surface area contributed by atoms with E-state index in [0.717, 1.165) is 11.4 Å². The van der Waals surface area contributed by atoms with E-state index in [-0.39, 0.29) is 5.56 Å². The Balaban J connectivity index is 1.58. The highest BCUT2D eigenvalue weighted by Crippen LogP contribution is 2.22. The molecule has 0 aliphatic heterocycles. The average molecular weight is 404 g/mol. The van der Waals surface area contributed by atoms with Crippen molar-refractivity contribution in [2.24, 2.45) is 7.05 Å². The monoisotopic (exact) mass is 403 g/mol. The van der Waals surface area contributed by atoms with Crippen LogP contribution in [0.2, 0.25) is 10.0 Å². The third-order valence-corrected chi connectivity index (χ3v) is 4.89. The van der Waals surface area contributed by atoms with Crippen molar-refractivity contribution in [1.29, 1.82) is 0 Å². The first kappa shape index (κ1) is 17.6. The summed E-state index contributed by atoms with van der Waals surface area (Å²) in [5.74, 6) is 1.15. The zero-order valence-corrected chi connectivity index (χ0v) is 15.8. The lowest BCUT2D eigenvalue weighted by Crippen LogP contribution is -2.17. The largest absolute Gasteiger partial charge is 0.352 e. The molecule has 0 saturated carbocycles. The molecule has 0 bridgehead atoms. The van der Waals surface area contributed by atoms with Gasteiger partial charge in [0.05, 0.1) is 16.2 Å². The van der Waals surface area contributed by atoms with Gasteiger partial charge in [-0.2, -0.15) is 5.10 Å². The van der Waals surface area contributed by atoms with Crippen LogP contribution in [0.25, 0.3) is 11.0 Å². The van der Waals surface area contributed by atoms with Crippen LogP contribution in [0.4, 0.5) is 5.95 Å². The van der Waals surface area contributed by atoms with E-state index >= 15 is 0 Å². The van der Waals surface area contributed by atoms with Gasteiger partial charge in [0.1, 0.15) is 17.9 Å². The predicted molar refractivity (Wildman–Crippen MR) is 104 cm³/mol. The molecule has 3 aromatic heterocycles. The number of fused-ring (bicyclic) bond motifs is 1. The molecule has 10 heteroatoms. The zero-order valence-electron chi connectivity index (χ0n) is 14.3. The lowest BCUT2D eigenvalue weighted by atomic mass is 10.2. The van der Waals surface area contributed by atoms with E-state index in [1.54, 1.807) is 29.2 Å². The summed E-state index contributed by atoms with van der Waals surface area (Å²) >= 11 is 11.9. The van der Waals surface area contributed by atoms with Crippen molar-refractivity contribution >= 4 is 40.2 Å². The number of aromatic nitrogens is 6. The standard InChI is InChI=1S/C17H15Cl2N7O/c1-25-5-4-20-14(25)9-26-15-13(8-22-26)23-17(24-16(15)27)21-7-10-2-3-11(18)12(19)6-10/h2-6,8H,7,9H2,1H3,(H2,21,23,24,27). The van der Waals surface area contributed by atoms with E-state index in [0.29, 0.717) is 40.1 Å². The summed E-state index contributed by atoms with van der Waals surface area (Å²) in [7, 11) is 1.89. The number of aryl methyl sites for hydroxylation is 1. The van der Waals surface area contributed by atoms with Gasteiger partial charge in [-0.15, -0.1) is 0 Å². The number of benzene rings is 1. The molecule has 3 heterocycles. The van der Waals surface area contributed by atoms with Gasteiger partial charge in [-0.1, -0.05) is 29.3 Å². The maximum Gasteiger partial charge on any atom is 0.278 e. The van der Waals surface area contributed by atoms with Crippen molar-refractivity contribution in [1.82, 2.24) is 29.3 Å². The molecule has 0 aliphatic carbocycles. The highest BCUT2D eigenvalue weighted by atomic mass is 35.5.